The molecule has 0 aromatic heterocycles. The first kappa shape index (κ1) is 33.2. The quantitative estimate of drug-likeness (QED) is 0.241. The number of carbonyl (C=O) groups excluding carboxylic acids is 2. The Labute approximate surface area is 258 Å². The lowest BCUT2D eigenvalue weighted by molar-refractivity contribution is -0.140. The number of rotatable bonds is 13. The molecule has 0 bridgehead atoms. The van der Waals surface area contributed by atoms with Crippen molar-refractivity contribution >= 4 is 50.7 Å². The van der Waals surface area contributed by atoms with Gasteiger partial charge in [0.25, 0.3) is 10.0 Å². The van der Waals surface area contributed by atoms with E-state index in [1.54, 1.807) is 54.6 Å². The molecule has 0 unspecified atom stereocenters. The minimum Gasteiger partial charge on any atom is -0.497 e. The van der Waals surface area contributed by atoms with E-state index in [4.69, 9.17) is 27.9 Å². The highest BCUT2D eigenvalue weighted by atomic mass is 35.5. The molecule has 42 heavy (non-hydrogen) atoms. The number of sulfonamides is 1. The number of methoxy groups -OCH3 is 1. The van der Waals surface area contributed by atoms with Crippen molar-refractivity contribution in [2.45, 2.75) is 64.1 Å². The summed E-state index contributed by atoms with van der Waals surface area (Å²) in [5, 5.41) is 3.62. The van der Waals surface area contributed by atoms with Gasteiger partial charge in [-0.1, -0.05) is 60.8 Å². The topological polar surface area (TPSA) is 96.0 Å². The van der Waals surface area contributed by atoms with Crippen LogP contribution in [0.3, 0.4) is 0 Å². The maximum Gasteiger partial charge on any atom is 0.264 e. The Kier molecular flexibility index (Phi) is 11.7. The smallest absolute Gasteiger partial charge is 0.264 e. The van der Waals surface area contributed by atoms with Crippen molar-refractivity contribution in [3.05, 3.63) is 87.9 Å². The van der Waals surface area contributed by atoms with Gasteiger partial charge in [0, 0.05) is 12.6 Å². The van der Waals surface area contributed by atoms with Gasteiger partial charge in [-0.25, -0.2) is 8.42 Å². The number of benzene rings is 3. The summed E-state index contributed by atoms with van der Waals surface area (Å²) in [5.41, 5.74) is 1.89. The molecule has 0 heterocycles. The number of carbonyl (C=O) groups is 2. The van der Waals surface area contributed by atoms with Crippen LogP contribution in [0.2, 0.25) is 10.0 Å². The monoisotopic (exact) mass is 633 g/mol. The van der Waals surface area contributed by atoms with E-state index in [1.807, 2.05) is 27.7 Å². The number of nitrogens with zero attached hydrogens (tertiary/aromatic N) is 2. The first-order valence-electron chi connectivity index (χ1n) is 13.7. The number of ether oxygens (including phenoxy) is 1. The van der Waals surface area contributed by atoms with Gasteiger partial charge in [0.2, 0.25) is 11.8 Å². The SMILES string of the molecule is CC[C@@H](C)NC(=O)[C@@H](CC)N(Cc1ccc(Cl)c(Cl)c1)C(=O)CN(c1ccc(C)cc1)S(=O)(=O)c1ccc(OC)cc1. The van der Waals surface area contributed by atoms with Gasteiger partial charge in [0.15, 0.2) is 0 Å². The molecule has 226 valence electrons. The molecule has 0 saturated carbocycles. The van der Waals surface area contributed by atoms with E-state index in [-0.39, 0.29) is 23.4 Å². The third-order valence-electron chi connectivity index (χ3n) is 6.97. The number of hydrogen-bond acceptors (Lipinski definition) is 5. The second kappa shape index (κ2) is 14.8. The molecule has 2 atom stereocenters. The second-order valence-corrected chi connectivity index (χ2v) is 12.7. The average Bonchev–Trinajstić information content (AvgIpc) is 2.97. The molecule has 0 saturated heterocycles. The maximum absolute atomic E-state index is 14.1. The summed E-state index contributed by atoms with van der Waals surface area (Å²) in [6.45, 7) is 7.02. The van der Waals surface area contributed by atoms with Crippen molar-refractivity contribution in [2.75, 3.05) is 18.0 Å². The lowest BCUT2D eigenvalue weighted by Crippen LogP contribution is -2.53. The summed E-state index contributed by atoms with van der Waals surface area (Å²) in [6.07, 6.45) is 1.02. The standard InChI is InChI=1S/C31H37Cl2N3O5S/c1-6-22(4)34-31(38)29(7-2)35(19-23-10-17-27(32)28(33)18-23)30(37)20-36(24-11-8-21(3)9-12-24)42(39,40)26-15-13-25(41-5)14-16-26/h8-18,22,29H,6-7,19-20H2,1-5H3,(H,34,38)/t22-,29-/m1/s1. The van der Waals surface area contributed by atoms with Crippen molar-refractivity contribution in [1.82, 2.24) is 10.2 Å². The van der Waals surface area contributed by atoms with Gasteiger partial charge in [0.05, 0.1) is 27.7 Å². The van der Waals surface area contributed by atoms with Crippen LogP contribution >= 0.6 is 23.2 Å². The second-order valence-electron chi connectivity index (χ2n) is 10.0. The van der Waals surface area contributed by atoms with E-state index in [0.717, 1.165) is 9.87 Å². The van der Waals surface area contributed by atoms with E-state index in [0.29, 0.717) is 39.9 Å². The zero-order valence-corrected chi connectivity index (χ0v) is 26.8. The summed E-state index contributed by atoms with van der Waals surface area (Å²) in [5.74, 6) is -0.372. The van der Waals surface area contributed by atoms with Gasteiger partial charge in [-0.2, -0.15) is 0 Å². The number of hydrogen-bond donors (Lipinski definition) is 1. The Bertz CT molecular complexity index is 1480. The third kappa shape index (κ3) is 8.18. The predicted octanol–water partition coefficient (Wildman–Crippen LogP) is 6.23. The molecule has 0 spiro atoms. The van der Waals surface area contributed by atoms with Crippen LogP contribution in [0.15, 0.2) is 71.6 Å². The van der Waals surface area contributed by atoms with Crippen LogP contribution in [0.1, 0.15) is 44.7 Å². The number of aryl methyl sites for hydroxylation is 1. The molecule has 0 aliphatic rings. The number of anilines is 1. The molecule has 3 aromatic rings. The molecule has 11 heteroatoms. The van der Waals surface area contributed by atoms with Crippen molar-refractivity contribution in [3.8, 4) is 5.75 Å². The molecular formula is C31H37Cl2N3O5S. The highest BCUT2D eigenvalue weighted by molar-refractivity contribution is 7.92. The van der Waals surface area contributed by atoms with Crippen LogP contribution in [0.4, 0.5) is 5.69 Å². The van der Waals surface area contributed by atoms with Gasteiger partial charge >= 0.3 is 0 Å². The van der Waals surface area contributed by atoms with Crippen LogP contribution in [-0.2, 0) is 26.2 Å². The summed E-state index contributed by atoms with van der Waals surface area (Å²) in [7, 11) is -2.70. The Morgan fingerprint density at radius 1 is 0.929 bits per heavy atom. The van der Waals surface area contributed by atoms with Gasteiger partial charge in [0.1, 0.15) is 18.3 Å². The van der Waals surface area contributed by atoms with Gasteiger partial charge in [-0.05, 0) is 80.8 Å². The highest BCUT2D eigenvalue weighted by Gasteiger charge is 2.34. The maximum atomic E-state index is 14.1. The van der Waals surface area contributed by atoms with Crippen molar-refractivity contribution in [1.29, 1.82) is 0 Å². The third-order valence-corrected chi connectivity index (χ3v) is 9.50. The minimum atomic E-state index is -4.19. The molecule has 1 N–H and O–H groups in total. The zero-order valence-electron chi connectivity index (χ0n) is 24.4. The summed E-state index contributed by atoms with van der Waals surface area (Å²) >= 11 is 12.4. The van der Waals surface area contributed by atoms with E-state index in [9.17, 15) is 18.0 Å². The molecule has 0 radical (unpaired) electrons. The average molecular weight is 635 g/mol. The number of amides is 2. The molecule has 8 nitrogen and oxygen atoms in total. The molecule has 2 amide bonds. The van der Waals surface area contributed by atoms with E-state index < -0.39 is 28.5 Å². The van der Waals surface area contributed by atoms with Crippen LogP contribution in [-0.4, -0.2) is 50.9 Å². The summed E-state index contributed by atoms with van der Waals surface area (Å²) in [6, 6.07) is 16.8. The van der Waals surface area contributed by atoms with Gasteiger partial charge < -0.3 is 15.0 Å². The fourth-order valence-electron chi connectivity index (χ4n) is 4.31. The summed E-state index contributed by atoms with van der Waals surface area (Å²) < 4.78 is 34.2. The molecule has 0 aliphatic carbocycles. The van der Waals surface area contributed by atoms with E-state index >= 15 is 0 Å². The number of nitrogens with one attached hydrogen (secondary N) is 1. The molecule has 3 rings (SSSR count). The molecule has 3 aromatic carbocycles. The first-order chi connectivity index (χ1) is 19.9. The van der Waals surface area contributed by atoms with Crippen LogP contribution in [0.5, 0.6) is 5.75 Å². The fraction of sp³-hybridized carbons (Fsp3) is 0.355. The first-order valence-corrected chi connectivity index (χ1v) is 15.9. The Morgan fingerprint density at radius 3 is 2.12 bits per heavy atom. The van der Waals surface area contributed by atoms with Crippen molar-refractivity contribution in [2.24, 2.45) is 0 Å². The Balaban J connectivity index is 2.07. The van der Waals surface area contributed by atoms with Crippen LogP contribution in [0, 0.1) is 6.92 Å². The minimum absolute atomic E-state index is 0.00531. The lowest BCUT2D eigenvalue weighted by Gasteiger charge is -2.33. The fourth-order valence-corrected chi connectivity index (χ4v) is 6.04. The van der Waals surface area contributed by atoms with Gasteiger partial charge in [-0.3, -0.25) is 13.9 Å². The Morgan fingerprint density at radius 2 is 1.57 bits per heavy atom. The zero-order chi connectivity index (χ0) is 31.0. The van der Waals surface area contributed by atoms with Crippen LogP contribution in [0.25, 0.3) is 0 Å². The van der Waals surface area contributed by atoms with Gasteiger partial charge in [-0.15, -0.1) is 0 Å². The molecule has 0 fully saturated rings. The van der Waals surface area contributed by atoms with Crippen LogP contribution < -0.4 is 14.4 Å². The van der Waals surface area contributed by atoms with Crippen molar-refractivity contribution in [3.63, 3.8) is 0 Å². The number of halogens is 2. The lowest BCUT2D eigenvalue weighted by atomic mass is 10.1. The predicted molar refractivity (Wildman–Crippen MR) is 168 cm³/mol. The van der Waals surface area contributed by atoms with E-state index in [1.165, 1.54) is 24.1 Å². The highest BCUT2D eigenvalue weighted by Crippen LogP contribution is 2.28. The summed E-state index contributed by atoms with van der Waals surface area (Å²) in [4.78, 5) is 28.9. The normalized spacial score (nSPS) is 12.7. The Hall–Kier alpha value is -3.27. The van der Waals surface area contributed by atoms with Crippen molar-refractivity contribution < 1.29 is 22.7 Å². The van der Waals surface area contributed by atoms with E-state index in [2.05, 4.69) is 5.32 Å². The molecular weight excluding hydrogens is 597 g/mol. The molecule has 0 aliphatic heterocycles. The largest absolute Gasteiger partial charge is 0.497 e.